The predicted octanol–water partition coefficient (Wildman–Crippen LogP) is 1.50. The molecule has 2 rings (SSSR count). The lowest BCUT2D eigenvalue weighted by Crippen LogP contribution is -2.31. The number of nitrogens with zero attached hydrogens (tertiary/aromatic N) is 1. The summed E-state index contributed by atoms with van der Waals surface area (Å²) in [5.74, 6) is -2.45. The lowest BCUT2D eigenvalue weighted by atomic mass is 10.1. The van der Waals surface area contributed by atoms with Gasteiger partial charge in [-0.2, -0.15) is 13.2 Å². The number of hydroxylamine groups is 1. The molecule has 2 N–H and O–H groups in total. The monoisotopic (exact) mass is 292 g/mol. The fourth-order valence-electron chi connectivity index (χ4n) is 1.62. The second-order valence-corrected chi connectivity index (χ2v) is 3.93. The first-order valence-corrected chi connectivity index (χ1v) is 5.34. The van der Waals surface area contributed by atoms with Crippen LogP contribution in [0.2, 0.25) is 0 Å². The van der Waals surface area contributed by atoms with E-state index < -0.39 is 29.5 Å². The maximum absolute atomic E-state index is 13.4. The third-order valence-electron chi connectivity index (χ3n) is 2.59. The third kappa shape index (κ3) is 2.72. The standard InChI is InChI=1S/C11H8F4N2O3/c12-7-3-5(1-2-6(7)11(13,14)15)10-16-8(4-20-10)9(18)17-19/h1-3,8,19H,4H2,(H,17,18)/t8-/m1/s1. The number of hydrogen-bond acceptors (Lipinski definition) is 4. The van der Waals surface area contributed by atoms with Crippen LogP contribution in [0.3, 0.4) is 0 Å². The number of ether oxygens (including phenoxy) is 1. The third-order valence-corrected chi connectivity index (χ3v) is 2.59. The van der Waals surface area contributed by atoms with Crippen molar-refractivity contribution < 1.29 is 32.3 Å². The van der Waals surface area contributed by atoms with Gasteiger partial charge in [-0.15, -0.1) is 0 Å². The molecule has 0 radical (unpaired) electrons. The summed E-state index contributed by atoms with van der Waals surface area (Å²) < 4.78 is 55.5. The van der Waals surface area contributed by atoms with E-state index in [0.29, 0.717) is 12.1 Å². The Kier molecular flexibility index (Phi) is 3.62. The summed E-state index contributed by atoms with van der Waals surface area (Å²) in [5.41, 5.74) is -0.0525. The minimum Gasteiger partial charge on any atom is -0.475 e. The molecule has 0 saturated carbocycles. The molecule has 1 aromatic carbocycles. The largest absolute Gasteiger partial charge is 0.475 e. The molecule has 0 bridgehead atoms. The van der Waals surface area contributed by atoms with Gasteiger partial charge in [-0.05, 0) is 18.2 Å². The van der Waals surface area contributed by atoms with E-state index in [0.717, 1.165) is 6.07 Å². The van der Waals surface area contributed by atoms with Crippen LogP contribution >= 0.6 is 0 Å². The zero-order valence-electron chi connectivity index (χ0n) is 9.74. The van der Waals surface area contributed by atoms with Crippen molar-refractivity contribution in [2.24, 2.45) is 4.99 Å². The van der Waals surface area contributed by atoms with Gasteiger partial charge in [-0.3, -0.25) is 10.0 Å². The summed E-state index contributed by atoms with van der Waals surface area (Å²) >= 11 is 0. The Morgan fingerprint density at radius 1 is 1.45 bits per heavy atom. The molecule has 1 atom stereocenters. The van der Waals surface area contributed by atoms with Crippen molar-refractivity contribution in [3.63, 3.8) is 0 Å². The van der Waals surface area contributed by atoms with Crippen molar-refractivity contribution >= 4 is 11.8 Å². The molecular formula is C11H8F4N2O3. The van der Waals surface area contributed by atoms with Crippen molar-refractivity contribution in [2.45, 2.75) is 12.2 Å². The summed E-state index contributed by atoms with van der Waals surface area (Å²) in [5, 5.41) is 8.41. The molecule has 1 aliphatic rings. The number of rotatable bonds is 2. The molecule has 108 valence electrons. The predicted molar refractivity (Wildman–Crippen MR) is 57.6 cm³/mol. The van der Waals surface area contributed by atoms with E-state index in [1.807, 2.05) is 0 Å². The zero-order chi connectivity index (χ0) is 14.9. The maximum Gasteiger partial charge on any atom is 0.419 e. The SMILES string of the molecule is O=C(NO)[C@H]1COC(c2ccc(C(F)(F)F)c(F)c2)=N1. The van der Waals surface area contributed by atoms with Crippen LogP contribution in [0, 0.1) is 5.82 Å². The molecular weight excluding hydrogens is 284 g/mol. The average Bonchev–Trinajstić information content (AvgIpc) is 2.85. The Hall–Kier alpha value is -2.16. The smallest absolute Gasteiger partial charge is 0.419 e. The van der Waals surface area contributed by atoms with Crippen LogP contribution in [0.4, 0.5) is 17.6 Å². The lowest BCUT2D eigenvalue weighted by molar-refractivity contribution is -0.140. The first-order chi connectivity index (χ1) is 9.32. The number of carbonyl (C=O) groups excluding carboxylic acids is 1. The maximum atomic E-state index is 13.4. The molecule has 0 saturated heterocycles. The molecule has 1 aliphatic heterocycles. The summed E-state index contributed by atoms with van der Waals surface area (Å²) in [7, 11) is 0. The second kappa shape index (κ2) is 5.08. The number of hydrogen-bond donors (Lipinski definition) is 2. The Morgan fingerprint density at radius 2 is 2.15 bits per heavy atom. The molecule has 0 unspecified atom stereocenters. The van der Waals surface area contributed by atoms with Crippen molar-refractivity contribution in [2.75, 3.05) is 6.61 Å². The van der Waals surface area contributed by atoms with Gasteiger partial charge in [-0.1, -0.05) is 0 Å². The van der Waals surface area contributed by atoms with Crippen molar-refractivity contribution in [3.8, 4) is 0 Å². The zero-order valence-corrected chi connectivity index (χ0v) is 9.74. The molecule has 0 fully saturated rings. The highest BCUT2D eigenvalue weighted by Gasteiger charge is 2.34. The van der Waals surface area contributed by atoms with Crippen LogP contribution in [0.1, 0.15) is 11.1 Å². The summed E-state index contributed by atoms with van der Waals surface area (Å²) in [6.45, 7) is -0.190. The van der Waals surface area contributed by atoms with Gasteiger partial charge < -0.3 is 4.74 Å². The number of alkyl halides is 3. The fourth-order valence-corrected chi connectivity index (χ4v) is 1.62. The lowest BCUT2D eigenvalue weighted by Gasteiger charge is -2.09. The van der Waals surface area contributed by atoms with Crippen molar-refractivity contribution in [1.82, 2.24) is 5.48 Å². The summed E-state index contributed by atoms with van der Waals surface area (Å²) in [4.78, 5) is 14.8. The quantitative estimate of drug-likeness (QED) is 0.493. The van der Waals surface area contributed by atoms with Crippen LogP contribution < -0.4 is 5.48 Å². The van der Waals surface area contributed by atoms with Crippen LogP contribution in [0.25, 0.3) is 0 Å². The number of halogens is 4. The molecule has 9 heteroatoms. The minimum atomic E-state index is -4.79. The number of amides is 1. The first-order valence-electron chi connectivity index (χ1n) is 5.34. The molecule has 0 aliphatic carbocycles. The molecule has 0 aromatic heterocycles. The van der Waals surface area contributed by atoms with E-state index in [2.05, 4.69) is 4.99 Å². The Balaban J connectivity index is 2.28. The first kappa shape index (κ1) is 14.3. The van der Waals surface area contributed by atoms with Crippen molar-refractivity contribution in [3.05, 3.63) is 35.1 Å². The van der Waals surface area contributed by atoms with Crippen LogP contribution in [-0.2, 0) is 15.7 Å². The normalized spacial score (nSPS) is 18.4. The minimum absolute atomic E-state index is 0.0243. The number of carbonyl (C=O) groups is 1. The molecule has 0 spiro atoms. The van der Waals surface area contributed by atoms with Gasteiger partial charge in [0.05, 0.1) is 5.56 Å². The van der Waals surface area contributed by atoms with E-state index >= 15 is 0 Å². The number of nitrogens with one attached hydrogen (secondary N) is 1. The van der Waals surface area contributed by atoms with E-state index in [-0.39, 0.29) is 18.1 Å². The Labute approximate surface area is 109 Å². The van der Waals surface area contributed by atoms with Crippen LogP contribution in [0.15, 0.2) is 23.2 Å². The molecule has 1 heterocycles. The molecule has 1 aromatic rings. The van der Waals surface area contributed by atoms with Gasteiger partial charge in [0, 0.05) is 5.56 Å². The second-order valence-electron chi connectivity index (χ2n) is 3.93. The molecule has 20 heavy (non-hydrogen) atoms. The Bertz CT molecular complexity index is 571. The average molecular weight is 292 g/mol. The van der Waals surface area contributed by atoms with Crippen LogP contribution in [-0.4, -0.2) is 29.7 Å². The topological polar surface area (TPSA) is 70.9 Å². The van der Waals surface area contributed by atoms with Gasteiger partial charge in [-0.25, -0.2) is 14.9 Å². The highest BCUT2D eigenvalue weighted by atomic mass is 19.4. The summed E-state index contributed by atoms with van der Waals surface area (Å²) in [6.07, 6.45) is -4.79. The van der Waals surface area contributed by atoms with E-state index in [1.165, 1.54) is 5.48 Å². The molecule has 5 nitrogen and oxygen atoms in total. The van der Waals surface area contributed by atoms with E-state index in [9.17, 15) is 22.4 Å². The van der Waals surface area contributed by atoms with Gasteiger partial charge in [0.25, 0.3) is 5.91 Å². The highest BCUT2D eigenvalue weighted by Crippen LogP contribution is 2.31. The van der Waals surface area contributed by atoms with Gasteiger partial charge in [0.2, 0.25) is 5.90 Å². The van der Waals surface area contributed by atoms with E-state index in [4.69, 9.17) is 9.94 Å². The highest BCUT2D eigenvalue weighted by molar-refractivity contribution is 5.98. The molecule has 1 amide bonds. The number of aliphatic imine (C=N–C) groups is 1. The van der Waals surface area contributed by atoms with Gasteiger partial charge >= 0.3 is 6.18 Å². The van der Waals surface area contributed by atoms with Crippen LogP contribution in [0.5, 0.6) is 0 Å². The van der Waals surface area contributed by atoms with E-state index in [1.54, 1.807) is 0 Å². The number of benzene rings is 1. The summed E-state index contributed by atoms with van der Waals surface area (Å²) in [6, 6.07) is 1.15. The fraction of sp³-hybridized carbons (Fsp3) is 0.273. The Morgan fingerprint density at radius 3 is 2.70 bits per heavy atom. The van der Waals surface area contributed by atoms with Gasteiger partial charge in [0.1, 0.15) is 12.4 Å². The van der Waals surface area contributed by atoms with Crippen molar-refractivity contribution in [1.29, 1.82) is 0 Å². The van der Waals surface area contributed by atoms with Gasteiger partial charge in [0.15, 0.2) is 6.04 Å².